The van der Waals surface area contributed by atoms with Crippen LogP contribution in [0.15, 0.2) is 34.9 Å². The standard InChI is InChI=1S/C11H10N2O4/c14-11(15)6-10-12-9(13-17-10)7-16-8-4-2-1-3-5-8/h1-5H,6-7H2,(H,14,15). The molecule has 0 spiro atoms. The summed E-state index contributed by atoms with van der Waals surface area (Å²) in [5.41, 5.74) is 0. The molecule has 6 nitrogen and oxygen atoms in total. The molecule has 0 atom stereocenters. The van der Waals surface area contributed by atoms with Gasteiger partial charge in [-0.15, -0.1) is 0 Å². The van der Waals surface area contributed by atoms with E-state index in [4.69, 9.17) is 14.4 Å². The van der Waals surface area contributed by atoms with Gasteiger partial charge in [-0.05, 0) is 12.1 Å². The van der Waals surface area contributed by atoms with Crippen LogP contribution in [0.1, 0.15) is 11.7 Å². The van der Waals surface area contributed by atoms with Gasteiger partial charge in [0.1, 0.15) is 12.2 Å². The summed E-state index contributed by atoms with van der Waals surface area (Å²) in [6, 6.07) is 9.19. The van der Waals surface area contributed by atoms with Gasteiger partial charge in [-0.25, -0.2) is 0 Å². The van der Waals surface area contributed by atoms with Gasteiger partial charge in [0.15, 0.2) is 6.61 Å². The van der Waals surface area contributed by atoms with E-state index in [-0.39, 0.29) is 18.9 Å². The summed E-state index contributed by atoms with van der Waals surface area (Å²) in [6.07, 6.45) is -0.279. The first-order valence-electron chi connectivity index (χ1n) is 4.95. The third kappa shape index (κ3) is 3.30. The fraction of sp³-hybridized carbons (Fsp3) is 0.182. The number of carbonyl (C=O) groups is 1. The predicted octanol–water partition coefficient (Wildman–Crippen LogP) is 1.28. The maximum atomic E-state index is 10.4. The lowest BCUT2D eigenvalue weighted by atomic mass is 10.3. The highest BCUT2D eigenvalue weighted by Crippen LogP contribution is 2.10. The Balaban J connectivity index is 1.91. The molecular weight excluding hydrogens is 224 g/mol. The lowest BCUT2D eigenvalue weighted by molar-refractivity contribution is -0.136. The Labute approximate surface area is 96.8 Å². The van der Waals surface area contributed by atoms with Gasteiger partial charge in [-0.1, -0.05) is 23.4 Å². The monoisotopic (exact) mass is 234 g/mol. The molecule has 0 bridgehead atoms. The van der Waals surface area contributed by atoms with Gasteiger partial charge in [0.25, 0.3) is 0 Å². The number of hydrogen-bond acceptors (Lipinski definition) is 5. The molecular formula is C11H10N2O4. The van der Waals surface area contributed by atoms with Crippen molar-refractivity contribution in [3.05, 3.63) is 42.0 Å². The summed E-state index contributed by atoms with van der Waals surface area (Å²) in [5, 5.41) is 12.1. The number of rotatable bonds is 5. The van der Waals surface area contributed by atoms with Crippen molar-refractivity contribution in [2.45, 2.75) is 13.0 Å². The first kappa shape index (κ1) is 11.1. The van der Waals surface area contributed by atoms with Crippen molar-refractivity contribution in [1.82, 2.24) is 10.1 Å². The van der Waals surface area contributed by atoms with Crippen LogP contribution in [0.5, 0.6) is 5.75 Å². The molecule has 0 radical (unpaired) electrons. The van der Waals surface area contributed by atoms with Crippen LogP contribution in [-0.4, -0.2) is 21.2 Å². The molecule has 17 heavy (non-hydrogen) atoms. The lowest BCUT2D eigenvalue weighted by Crippen LogP contribution is -2.01. The largest absolute Gasteiger partial charge is 0.485 e. The summed E-state index contributed by atoms with van der Waals surface area (Å²) >= 11 is 0. The van der Waals surface area contributed by atoms with E-state index in [1.807, 2.05) is 18.2 Å². The second kappa shape index (κ2) is 5.11. The van der Waals surface area contributed by atoms with Crippen molar-refractivity contribution in [3.8, 4) is 5.75 Å². The van der Waals surface area contributed by atoms with E-state index >= 15 is 0 Å². The predicted molar refractivity (Wildman–Crippen MR) is 56.4 cm³/mol. The van der Waals surface area contributed by atoms with Crippen LogP contribution in [0, 0.1) is 0 Å². The van der Waals surface area contributed by atoms with Crippen LogP contribution < -0.4 is 4.74 Å². The number of benzene rings is 1. The van der Waals surface area contributed by atoms with Crippen LogP contribution in [0.2, 0.25) is 0 Å². The van der Waals surface area contributed by atoms with Gasteiger partial charge in [0.05, 0.1) is 0 Å². The number of hydrogen-bond donors (Lipinski definition) is 1. The number of aliphatic carboxylic acids is 1. The Morgan fingerprint density at radius 1 is 1.35 bits per heavy atom. The summed E-state index contributed by atoms with van der Waals surface area (Å²) in [6.45, 7) is 0.146. The quantitative estimate of drug-likeness (QED) is 0.838. The fourth-order valence-electron chi connectivity index (χ4n) is 1.21. The van der Waals surface area contributed by atoms with Crippen molar-refractivity contribution < 1.29 is 19.2 Å². The van der Waals surface area contributed by atoms with Gasteiger partial charge in [-0.3, -0.25) is 4.79 Å². The van der Waals surface area contributed by atoms with E-state index in [9.17, 15) is 4.79 Å². The van der Waals surface area contributed by atoms with E-state index in [0.29, 0.717) is 11.6 Å². The van der Waals surface area contributed by atoms with Crippen molar-refractivity contribution in [3.63, 3.8) is 0 Å². The first-order chi connectivity index (χ1) is 8.24. The molecule has 0 saturated carbocycles. The Bertz CT molecular complexity index is 495. The molecule has 1 heterocycles. The van der Waals surface area contributed by atoms with Gasteiger partial charge in [0.2, 0.25) is 11.7 Å². The highest BCUT2D eigenvalue weighted by Gasteiger charge is 2.10. The number of carboxylic acids is 1. The molecule has 6 heteroatoms. The fourth-order valence-corrected chi connectivity index (χ4v) is 1.21. The van der Waals surface area contributed by atoms with Gasteiger partial charge >= 0.3 is 5.97 Å². The Kier molecular flexibility index (Phi) is 3.34. The molecule has 1 aromatic heterocycles. The summed E-state index contributed by atoms with van der Waals surface area (Å²) in [4.78, 5) is 14.3. The van der Waals surface area contributed by atoms with Crippen LogP contribution in [0.25, 0.3) is 0 Å². The van der Waals surface area contributed by atoms with E-state index in [1.165, 1.54) is 0 Å². The second-order valence-corrected chi connectivity index (χ2v) is 3.28. The maximum Gasteiger partial charge on any atom is 0.312 e. The smallest absolute Gasteiger partial charge is 0.312 e. The average Bonchev–Trinajstić information content (AvgIpc) is 2.75. The lowest BCUT2D eigenvalue weighted by Gasteiger charge is -2.01. The minimum atomic E-state index is -1.01. The molecule has 2 rings (SSSR count). The molecule has 0 amide bonds. The summed E-state index contributed by atoms with van der Waals surface area (Å²) in [5.74, 6) is 0.0792. The maximum absolute atomic E-state index is 10.4. The van der Waals surface area contributed by atoms with Gasteiger partial charge in [-0.2, -0.15) is 4.98 Å². The highest BCUT2D eigenvalue weighted by molar-refractivity contribution is 5.68. The van der Waals surface area contributed by atoms with Crippen molar-refractivity contribution >= 4 is 5.97 Å². The van der Waals surface area contributed by atoms with E-state index in [2.05, 4.69) is 10.1 Å². The van der Waals surface area contributed by atoms with Gasteiger partial charge < -0.3 is 14.4 Å². The van der Waals surface area contributed by atoms with Crippen molar-refractivity contribution in [1.29, 1.82) is 0 Å². The molecule has 0 unspecified atom stereocenters. The zero-order valence-corrected chi connectivity index (χ0v) is 8.87. The third-order valence-electron chi connectivity index (χ3n) is 1.92. The minimum absolute atomic E-state index is 0.0733. The molecule has 0 aliphatic heterocycles. The molecule has 0 fully saturated rings. The van der Waals surface area contributed by atoms with Crippen LogP contribution in [0.4, 0.5) is 0 Å². The molecule has 88 valence electrons. The van der Waals surface area contributed by atoms with Crippen LogP contribution in [0.3, 0.4) is 0 Å². The third-order valence-corrected chi connectivity index (χ3v) is 1.92. The SMILES string of the molecule is O=C(O)Cc1nc(COc2ccccc2)no1. The van der Waals surface area contributed by atoms with Crippen molar-refractivity contribution in [2.24, 2.45) is 0 Å². The molecule has 0 aliphatic rings. The zero-order chi connectivity index (χ0) is 12.1. The highest BCUT2D eigenvalue weighted by atomic mass is 16.5. The molecule has 1 aromatic carbocycles. The van der Waals surface area contributed by atoms with Crippen LogP contribution in [-0.2, 0) is 17.8 Å². The Morgan fingerprint density at radius 2 is 2.12 bits per heavy atom. The normalized spacial score (nSPS) is 10.1. The Morgan fingerprint density at radius 3 is 2.82 bits per heavy atom. The average molecular weight is 234 g/mol. The minimum Gasteiger partial charge on any atom is -0.485 e. The molecule has 1 N–H and O–H groups in total. The topological polar surface area (TPSA) is 85.5 Å². The van der Waals surface area contributed by atoms with E-state index in [0.717, 1.165) is 0 Å². The number of para-hydroxylation sites is 1. The zero-order valence-electron chi connectivity index (χ0n) is 8.87. The first-order valence-corrected chi connectivity index (χ1v) is 4.95. The number of aromatic nitrogens is 2. The molecule has 0 saturated heterocycles. The Hall–Kier alpha value is -2.37. The van der Waals surface area contributed by atoms with Gasteiger partial charge in [0, 0.05) is 0 Å². The number of nitrogens with zero attached hydrogens (tertiary/aromatic N) is 2. The molecule has 0 aliphatic carbocycles. The summed E-state index contributed by atoms with van der Waals surface area (Å²) in [7, 11) is 0. The summed E-state index contributed by atoms with van der Waals surface area (Å²) < 4.78 is 10.1. The van der Waals surface area contributed by atoms with E-state index < -0.39 is 5.97 Å². The second-order valence-electron chi connectivity index (χ2n) is 3.28. The van der Waals surface area contributed by atoms with E-state index in [1.54, 1.807) is 12.1 Å². The van der Waals surface area contributed by atoms with Crippen LogP contribution >= 0.6 is 0 Å². The van der Waals surface area contributed by atoms with Crippen molar-refractivity contribution in [2.75, 3.05) is 0 Å². The number of ether oxygens (including phenoxy) is 1. The molecule has 2 aromatic rings. The number of carboxylic acid groups (broad SMARTS) is 1.